The fraction of sp³-hybridized carbons (Fsp3) is 0.600. The van der Waals surface area contributed by atoms with E-state index in [2.05, 4.69) is 28.0 Å². The normalized spacial score (nSPS) is 33.5. The number of carbonyl (C=O) groups is 2. The highest BCUT2D eigenvalue weighted by atomic mass is 16.2. The van der Waals surface area contributed by atoms with Crippen LogP contribution in [0.2, 0.25) is 0 Å². The molecule has 24 heavy (non-hydrogen) atoms. The molecule has 2 bridgehead atoms. The molecule has 4 heterocycles. The lowest BCUT2D eigenvalue weighted by Gasteiger charge is -2.51. The highest BCUT2D eigenvalue weighted by Crippen LogP contribution is 2.41. The Morgan fingerprint density at radius 2 is 1.83 bits per heavy atom. The molecule has 0 spiro atoms. The van der Waals surface area contributed by atoms with Crippen LogP contribution in [0.1, 0.15) is 53.1 Å². The van der Waals surface area contributed by atoms with E-state index in [1.807, 2.05) is 6.79 Å². The molecular formula is C20H26N2O2. The van der Waals surface area contributed by atoms with Gasteiger partial charge in [0, 0.05) is 30.6 Å². The van der Waals surface area contributed by atoms with Gasteiger partial charge in [-0.15, -0.1) is 0 Å². The van der Waals surface area contributed by atoms with E-state index in [9.17, 15) is 4.79 Å². The standard InChI is InChI=1S/C19H24N2O.CH2O/c22-19-16-6-2-4-14-3-1-5-15(18(14)16)11-21(19)17-12-20-9-7-13(17)8-10-20;1-2/h2,4,6,13,15,17H,1,3,5,7-12H2;1H2/t15-,17-;/m1./s1. The van der Waals surface area contributed by atoms with Crippen LogP contribution in [0.5, 0.6) is 0 Å². The Kier molecular flexibility index (Phi) is 4.17. The van der Waals surface area contributed by atoms with Gasteiger partial charge in [0.25, 0.3) is 5.91 Å². The van der Waals surface area contributed by atoms with Crippen molar-refractivity contribution in [2.75, 3.05) is 26.2 Å². The molecule has 128 valence electrons. The van der Waals surface area contributed by atoms with Crippen molar-refractivity contribution in [1.82, 2.24) is 9.80 Å². The van der Waals surface area contributed by atoms with Gasteiger partial charge in [-0.3, -0.25) is 4.79 Å². The minimum atomic E-state index is 0.314. The summed E-state index contributed by atoms with van der Waals surface area (Å²) in [5.74, 6) is 1.64. The van der Waals surface area contributed by atoms with Gasteiger partial charge in [-0.05, 0) is 68.3 Å². The monoisotopic (exact) mass is 326 g/mol. The van der Waals surface area contributed by atoms with Crippen LogP contribution in [0, 0.1) is 5.92 Å². The number of benzene rings is 1. The second-order valence-corrected chi connectivity index (χ2v) is 7.63. The fourth-order valence-corrected chi connectivity index (χ4v) is 5.41. The number of piperidine rings is 3. The SMILES string of the molecule is C=O.O=C1c2cccc3c2[C@H](CCC3)CN1[C@@H]1CN2CCC1CC2. The van der Waals surface area contributed by atoms with Crippen LogP contribution < -0.4 is 0 Å². The molecule has 0 saturated carbocycles. The van der Waals surface area contributed by atoms with Gasteiger partial charge in [0.05, 0.1) is 0 Å². The summed E-state index contributed by atoms with van der Waals surface area (Å²) in [6, 6.07) is 6.87. The predicted octanol–water partition coefficient (Wildman–Crippen LogP) is 2.47. The van der Waals surface area contributed by atoms with Crippen LogP contribution in [0.25, 0.3) is 0 Å². The predicted molar refractivity (Wildman–Crippen MR) is 93.2 cm³/mol. The van der Waals surface area contributed by atoms with Crippen molar-refractivity contribution < 1.29 is 9.59 Å². The molecule has 0 unspecified atom stereocenters. The van der Waals surface area contributed by atoms with Crippen LogP contribution in [0.3, 0.4) is 0 Å². The number of nitrogens with zero attached hydrogens (tertiary/aromatic N) is 2. The molecular weight excluding hydrogens is 300 g/mol. The van der Waals surface area contributed by atoms with Crippen molar-refractivity contribution in [2.45, 2.75) is 44.1 Å². The van der Waals surface area contributed by atoms with E-state index in [0.29, 0.717) is 17.9 Å². The van der Waals surface area contributed by atoms with Crippen LogP contribution in [0.15, 0.2) is 18.2 Å². The zero-order chi connectivity index (χ0) is 16.7. The molecule has 6 rings (SSSR count). The van der Waals surface area contributed by atoms with Gasteiger partial charge in [0.2, 0.25) is 0 Å². The largest absolute Gasteiger partial charge is 0.333 e. The van der Waals surface area contributed by atoms with Gasteiger partial charge >= 0.3 is 0 Å². The molecule has 5 aliphatic rings. The summed E-state index contributed by atoms with van der Waals surface area (Å²) in [6.45, 7) is 6.57. The van der Waals surface area contributed by atoms with E-state index in [0.717, 1.165) is 31.0 Å². The first-order valence-corrected chi connectivity index (χ1v) is 9.25. The molecule has 1 aliphatic carbocycles. The van der Waals surface area contributed by atoms with Crippen LogP contribution >= 0.6 is 0 Å². The molecule has 4 nitrogen and oxygen atoms in total. The molecule has 4 aliphatic heterocycles. The van der Waals surface area contributed by atoms with Crippen molar-refractivity contribution in [3.63, 3.8) is 0 Å². The third-order valence-electron chi connectivity index (χ3n) is 6.53. The van der Waals surface area contributed by atoms with Crippen molar-refractivity contribution >= 4 is 12.7 Å². The number of rotatable bonds is 1. The van der Waals surface area contributed by atoms with E-state index in [4.69, 9.17) is 4.79 Å². The van der Waals surface area contributed by atoms with Crippen LogP contribution in [0.4, 0.5) is 0 Å². The topological polar surface area (TPSA) is 40.6 Å². The highest BCUT2D eigenvalue weighted by Gasteiger charge is 2.43. The van der Waals surface area contributed by atoms with E-state index < -0.39 is 0 Å². The van der Waals surface area contributed by atoms with Gasteiger partial charge in [0.1, 0.15) is 6.79 Å². The van der Waals surface area contributed by atoms with Crippen molar-refractivity contribution in [2.24, 2.45) is 5.92 Å². The van der Waals surface area contributed by atoms with Crippen molar-refractivity contribution in [3.8, 4) is 0 Å². The second-order valence-electron chi connectivity index (χ2n) is 7.63. The quantitative estimate of drug-likeness (QED) is 0.796. The molecule has 1 aromatic rings. The molecule has 3 saturated heterocycles. The number of amides is 1. The second kappa shape index (κ2) is 6.32. The number of aryl methyl sites for hydroxylation is 1. The van der Waals surface area contributed by atoms with E-state index in [1.165, 1.54) is 49.9 Å². The van der Waals surface area contributed by atoms with Crippen molar-refractivity contribution in [1.29, 1.82) is 0 Å². The molecule has 0 N–H and O–H groups in total. The number of fused-ring (bicyclic) bond motifs is 3. The fourth-order valence-electron chi connectivity index (χ4n) is 5.41. The average Bonchev–Trinajstić information content (AvgIpc) is 2.67. The molecule has 0 radical (unpaired) electrons. The Morgan fingerprint density at radius 1 is 1.04 bits per heavy atom. The first-order chi connectivity index (χ1) is 11.8. The summed E-state index contributed by atoms with van der Waals surface area (Å²) in [6.07, 6.45) is 6.27. The lowest BCUT2D eigenvalue weighted by molar-refractivity contribution is -0.0980. The number of hydrogen-bond acceptors (Lipinski definition) is 3. The first kappa shape index (κ1) is 15.8. The smallest absolute Gasteiger partial charge is 0.254 e. The van der Waals surface area contributed by atoms with E-state index in [1.54, 1.807) is 0 Å². The summed E-state index contributed by atoms with van der Waals surface area (Å²) >= 11 is 0. The molecule has 3 fully saturated rings. The minimum Gasteiger partial charge on any atom is -0.333 e. The van der Waals surface area contributed by atoms with Gasteiger partial charge in [-0.1, -0.05) is 12.1 Å². The van der Waals surface area contributed by atoms with Gasteiger partial charge in [-0.2, -0.15) is 0 Å². The molecule has 4 heteroatoms. The Labute approximate surface area is 143 Å². The van der Waals surface area contributed by atoms with Gasteiger partial charge in [0.15, 0.2) is 0 Å². The zero-order valence-electron chi connectivity index (χ0n) is 14.2. The van der Waals surface area contributed by atoms with Gasteiger partial charge < -0.3 is 14.6 Å². The Bertz CT molecular complexity index is 637. The van der Waals surface area contributed by atoms with Crippen LogP contribution in [-0.2, 0) is 11.2 Å². The zero-order valence-corrected chi connectivity index (χ0v) is 14.2. The summed E-state index contributed by atoms with van der Waals surface area (Å²) in [5.41, 5.74) is 3.86. The number of carbonyl (C=O) groups excluding carboxylic acids is 2. The molecule has 1 amide bonds. The third-order valence-corrected chi connectivity index (χ3v) is 6.53. The maximum atomic E-state index is 13.1. The summed E-state index contributed by atoms with van der Waals surface area (Å²) in [4.78, 5) is 26.0. The summed E-state index contributed by atoms with van der Waals surface area (Å²) in [5, 5.41) is 0. The maximum Gasteiger partial charge on any atom is 0.254 e. The molecule has 2 atom stereocenters. The third kappa shape index (κ3) is 2.39. The lowest BCUT2D eigenvalue weighted by Crippen LogP contribution is -2.60. The molecule has 1 aromatic carbocycles. The molecule has 0 aromatic heterocycles. The average molecular weight is 326 g/mol. The Balaban J connectivity index is 0.000000704. The number of hydrogen-bond donors (Lipinski definition) is 0. The lowest BCUT2D eigenvalue weighted by atomic mass is 9.75. The summed E-state index contributed by atoms with van der Waals surface area (Å²) < 4.78 is 0. The van der Waals surface area contributed by atoms with E-state index >= 15 is 0 Å². The highest BCUT2D eigenvalue weighted by molar-refractivity contribution is 5.98. The van der Waals surface area contributed by atoms with Gasteiger partial charge in [-0.25, -0.2) is 0 Å². The first-order valence-electron chi connectivity index (χ1n) is 9.25. The van der Waals surface area contributed by atoms with Crippen molar-refractivity contribution in [3.05, 3.63) is 34.9 Å². The van der Waals surface area contributed by atoms with E-state index in [-0.39, 0.29) is 0 Å². The Hall–Kier alpha value is -1.68. The van der Waals surface area contributed by atoms with Crippen LogP contribution in [-0.4, -0.2) is 54.7 Å². The Morgan fingerprint density at radius 3 is 2.54 bits per heavy atom. The summed E-state index contributed by atoms with van der Waals surface area (Å²) in [7, 11) is 0. The maximum absolute atomic E-state index is 13.1. The minimum absolute atomic E-state index is 0.314.